The van der Waals surface area contributed by atoms with Crippen molar-refractivity contribution in [1.82, 2.24) is 5.32 Å². The SMILES string of the molecule is O=CCCCCCCCCCCCNC(CO)P(=O)(O)O. The number of nitrogens with one attached hydrogen (secondary N) is 1. The first-order valence-electron chi connectivity index (χ1n) is 7.85. The minimum absolute atomic E-state index is 0.516. The molecule has 7 heteroatoms. The Balaban J connectivity index is 3.29. The number of aliphatic hydroxyl groups is 1. The average Bonchev–Trinajstić information content (AvgIpc) is 2.42. The van der Waals surface area contributed by atoms with E-state index in [-0.39, 0.29) is 0 Å². The van der Waals surface area contributed by atoms with Gasteiger partial charge in [0.2, 0.25) is 0 Å². The second-order valence-corrected chi connectivity index (χ2v) is 7.18. The summed E-state index contributed by atoms with van der Waals surface area (Å²) in [6.07, 6.45) is 11.6. The van der Waals surface area contributed by atoms with Gasteiger partial charge in [-0.05, 0) is 19.4 Å². The van der Waals surface area contributed by atoms with Gasteiger partial charge in [-0.3, -0.25) is 4.57 Å². The maximum Gasteiger partial charge on any atom is 0.344 e. The standard InChI is InChI=1S/C14H30NO5P/c16-12-10-8-6-4-2-1-3-5-7-9-11-15-14(13-17)21(18,19)20/h12,14-15,17H,1-11,13H2,(H2,18,19,20). The van der Waals surface area contributed by atoms with Crippen LogP contribution in [0.15, 0.2) is 0 Å². The minimum atomic E-state index is -4.24. The van der Waals surface area contributed by atoms with Crippen LogP contribution in [0, 0.1) is 0 Å². The molecule has 0 fully saturated rings. The van der Waals surface area contributed by atoms with Crippen LogP contribution < -0.4 is 5.32 Å². The van der Waals surface area contributed by atoms with Crippen molar-refractivity contribution in [2.45, 2.75) is 70.0 Å². The molecule has 0 amide bonds. The van der Waals surface area contributed by atoms with E-state index in [9.17, 15) is 9.36 Å². The highest BCUT2D eigenvalue weighted by molar-refractivity contribution is 7.52. The summed E-state index contributed by atoms with van der Waals surface area (Å²) in [7, 11) is -4.24. The summed E-state index contributed by atoms with van der Waals surface area (Å²) in [5.74, 6) is -1.14. The molecule has 0 saturated heterocycles. The first-order chi connectivity index (χ1) is 10.0. The van der Waals surface area contributed by atoms with Crippen LogP contribution in [0.1, 0.15) is 64.2 Å². The molecular formula is C14H30NO5P. The van der Waals surface area contributed by atoms with Crippen molar-refractivity contribution in [3.05, 3.63) is 0 Å². The molecule has 0 aliphatic rings. The molecule has 0 aromatic heterocycles. The number of hydrogen-bond acceptors (Lipinski definition) is 4. The highest BCUT2D eigenvalue weighted by atomic mass is 31.2. The normalized spacial score (nSPS) is 13.3. The van der Waals surface area contributed by atoms with Crippen molar-refractivity contribution in [1.29, 1.82) is 0 Å². The molecule has 0 bridgehead atoms. The van der Waals surface area contributed by atoms with E-state index in [1.54, 1.807) is 0 Å². The smallest absolute Gasteiger partial charge is 0.344 e. The molecule has 0 aliphatic heterocycles. The molecule has 0 heterocycles. The molecule has 0 spiro atoms. The first-order valence-corrected chi connectivity index (χ1v) is 9.53. The topological polar surface area (TPSA) is 107 Å². The predicted molar refractivity (Wildman–Crippen MR) is 83.2 cm³/mol. The van der Waals surface area contributed by atoms with E-state index in [1.165, 1.54) is 25.7 Å². The summed E-state index contributed by atoms with van der Waals surface area (Å²) in [5.41, 5.74) is 0. The number of aliphatic hydroxyl groups excluding tert-OH is 1. The van der Waals surface area contributed by atoms with E-state index in [4.69, 9.17) is 14.9 Å². The zero-order valence-corrected chi connectivity index (χ0v) is 13.6. The Morgan fingerprint density at radius 1 is 0.905 bits per heavy atom. The van der Waals surface area contributed by atoms with Gasteiger partial charge >= 0.3 is 7.60 Å². The van der Waals surface area contributed by atoms with Gasteiger partial charge in [-0.25, -0.2) is 0 Å². The number of unbranched alkanes of at least 4 members (excludes halogenated alkanes) is 9. The largest absolute Gasteiger partial charge is 0.394 e. The molecule has 0 saturated carbocycles. The molecule has 21 heavy (non-hydrogen) atoms. The van der Waals surface area contributed by atoms with Gasteiger partial charge < -0.3 is 25.0 Å². The molecule has 0 aromatic rings. The minimum Gasteiger partial charge on any atom is -0.394 e. The van der Waals surface area contributed by atoms with Crippen LogP contribution in [0.4, 0.5) is 0 Å². The van der Waals surface area contributed by atoms with Crippen LogP contribution in [-0.4, -0.2) is 40.1 Å². The number of rotatable bonds is 15. The second kappa shape index (κ2) is 13.4. The summed E-state index contributed by atoms with van der Waals surface area (Å²) in [6.45, 7) is -0.0313. The lowest BCUT2D eigenvalue weighted by atomic mass is 10.1. The van der Waals surface area contributed by atoms with E-state index in [2.05, 4.69) is 5.32 Å². The van der Waals surface area contributed by atoms with E-state index in [1.807, 2.05) is 0 Å². The van der Waals surface area contributed by atoms with Crippen molar-refractivity contribution in [2.24, 2.45) is 0 Å². The fourth-order valence-corrected chi connectivity index (χ4v) is 2.73. The Labute approximate surface area is 127 Å². The van der Waals surface area contributed by atoms with Crippen molar-refractivity contribution in [3.63, 3.8) is 0 Å². The highest BCUT2D eigenvalue weighted by Crippen LogP contribution is 2.39. The fourth-order valence-electron chi connectivity index (χ4n) is 2.15. The van der Waals surface area contributed by atoms with Crippen LogP contribution in [0.2, 0.25) is 0 Å². The Morgan fingerprint density at radius 3 is 1.81 bits per heavy atom. The molecule has 1 unspecified atom stereocenters. The first kappa shape index (κ1) is 20.7. The highest BCUT2D eigenvalue weighted by Gasteiger charge is 2.26. The number of carbonyl (C=O) groups excluding carboxylic acids is 1. The molecule has 0 aromatic carbocycles. The van der Waals surface area contributed by atoms with E-state index in [0.29, 0.717) is 13.0 Å². The van der Waals surface area contributed by atoms with Crippen molar-refractivity contribution in [2.75, 3.05) is 13.2 Å². The summed E-state index contributed by atoms with van der Waals surface area (Å²) >= 11 is 0. The number of carbonyl (C=O) groups is 1. The summed E-state index contributed by atoms with van der Waals surface area (Å²) in [6, 6.07) is 0. The van der Waals surface area contributed by atoms with E-state index < -0.39 is 20.0 Å². The summed E-state index contributed by atoms with van der Waals surface area (Å²) in [5, 5.41) is 11.6. The lowest BCUT2D eigenvalue weighted by Gasteiger charge is -2.17. The van der Waals surface area contributed by atoms with Crippen LogP contribution in [-0.2, 0) is 9.36 Å². The zero-order chi connectivity index (χ0) is 16.0. The van der Waals surface area contributed by atoms with Crippen LogP contribution in [0.3, 0.4) is 0 Å². The van der Waals surface area contributed by atoms with E-state index in [0.717, 1.165) is 38.4 Å². The second-order valence-electron chi connectivity index (χ2n) is 5.38. The molecule has 0 radical (unpaired) electrons. The van der Waals surface area contributed by atoms with Gasteiger partial charge in [-0.1, -0.05) is 44.9 Å². The molecule has 6 nitrogen and oxygen atoms in total. The predicted octanol–water partition coefficient (Wildman–Crippen LogP) is 2.17. The maximum absolute atomic E-state index is 10.9. The number of aldehydes is 1. The Morgan fingerprint density at radius 2 is 1.38 bits per heavy atom. The summed E-state index contributed by atoms with van der Waals surface area (Å²) in [4.78, 5) is 28.0. The van der Waals surface area contributed by atoms with Crippen LogP contribution in [0.25, 0.3) is 0 Å². The van der Waals surface area contributed by atoms with Gasteiger partial charge in [-0.2, -0.15) is 0 Å². The molecule has 126 valence electrons. The van der Waals surface area contributed by atoms with Gasteiger partial charge in [-0.15, -0.1) is 0 Å². The van der Waals surface area contributed by atoms with Gasteiger partial charge in [0, 0.05) is 6.42 Å². The van der Waals surface area contributed by atoms with Crippen molar-refractivity contribution in [3.8, 4) is 0 Å². The Kier molecular flexibility index (Phi) is 13.2. The van der Waals surface area contributed by atoms with Gasteiger partial charge in [0.25, 0.3) is 0 Å². The van der Waals surface area contributed by atoms with Crippen molar-refractivity contribution >= 4 is 13.9 Å². The maximum atomic E-state index is 10.9. The quantitative estimate of drug-likeness (QED) is 0.209. The Hall–Kier alpha value is -0.260. The third-order valence-corrected chi connectivity index (χ3v) is 4.62. The summed E-state index contributed by atoms with van der Waals surface area (Å²) < 4.78 is 10.9. The molecular weight excluding hydrogens is 293 g/mol. The lowest BCUT2D eigenvalue weighted by molar-refractivity contribution is -0.107. The molecule has 4 N–H and O–H groups in total. The lowest BCUT2D eigenvalue weighted by Crippen LogP contribution is -2.33. The average molecular weight is 323 g/mol. The van der Waals surface area contributed by atoms with E-state index >= 15 is 0 Å². The van der Waals surface area contributed by atoms with Crippen LogP contribution >= 0.6 is 7.60 Å². The van der Waals surface area contributed by atoms with Gasteiger partial charge in [0.15, 0.2) is 0 Å². The number of hydrogen-bond donors (Lipinski definition) is 4. The van der Waals surface area contributed by atoms with Crippen LogP contribution in [0.5, 0.6) is 0 Å². The monoisotopic (exact) mass is 323 g/mol. The fraction of sp³-hybridized carbons (Fsp3) is 0.929. The third kappa shape index (κ3) is 13.1. The molecule has 0 aliphatic carbocycles. The van der Waals surface area contributed by atoms with Gasteiger partial charge in [0.1, 0.15) is 12.1 Å². The third-order valence-electron chi connectivity index (χ3n) is 3.46. The Bertz CT molecular complexity index is 295. The zero-order valence-electron chi connectivity index (χ0n) is 12.7. The molecule has 0 rings (SSSR count). The van der Waals surface area contributed by atoms with Crippen molar-refractivity contribution < 1.29 is 24.3 Å². The van der Waals surface area contributed by atoms with Gasteiger partial charge in [0.05, 0.1) is 6.61 Å². The molecule has 1 atom stereocenters.